The fraction of sp³-hybridized carbons (Fsp3) is 0.560. The van der Waals surface area contributed by atoms with E-state index in [1.54, 1.807) is 0 Å². The monoisotopic (exact) mass is 433 g/mol. The average Bonchev–Trinajstić information content (AvgIpc) is 3.75. The fourth-order valence-electron chi connectivity index (χ4n) is 4.80. The maximum atomic E-state index is 12.7. The molecule has 32 heavy (non-hydrogen) atoms. The second-order valence-corrected chi connectivity index (χ2v) is 9.65. The molecule has 7 heteroatoms. The van der Waals surface area contributed by atoms with Crippen LogP contribution in [-0.2, 0) is 0 Å². The normalized spacial score (nSPS) is 21.1. The molecule has 7 nitrogen and oxygen atoms in total. The summed E-state index contributed by atoms with van der Waals surface area (Å²) in [4.78, 5) is 24.6. The van der Waals surface area contributed by atoms with Crippen LogP contribution in [0.15, 0.2) is 24.3 Å². The van der Waals surface area contributed by atoms with Gasteiger partial charge in [0.05, 0.1) is 6.54 Å². The summed E-state index contributed by atoms with van der Waals surface area (Å²) in [5, 5.41) is 6.43. The molecule has 0 aromatic carbocycles. The van der Waals surface area contributed by atoms with Crippen molar-refractivity contribution in [1.82, 2.24) is 20.6 Å². The zero-order chi connectivity index (χ0) is 21.5. The summed E-state index contributed by atoms with van der Waals surface area (Å²) in [5.41, 5.74) is 5.00. The topological polar surface area (TPSA) is 79.4 Å². The van der Waals surface area contributed by atoms with Gasteiger partial charge in [-0.3, -0.25) is 9.78 Å². The molecule has 2 aliphatic carbocycles. The van der Waals surface area contributed by atoms with E-state index in [2.05, 4.69) is 32.7 Å². The van der Waals surface area contributed by atoms with Gasteiger partial charge in [-0.15, -0.1) is 0 Å². The number of carbonyl (C=O) groups excluding carboxylic acids is 1. The number of pyridine rings is 2. The highest BCUT2D eigenvalue weighted by molar-refractivity contribution is 5.93. The molecule has 2 aromatic heterocycles. The molecule has 1 amide bonds. The van der Waals surface area contributed by atoms with Crippen LogP contribution >= 0.6 is 0 Å². The van der Waals surface area contributed by atoms with Crippen LogP contribution in [0.3, 0.4) is 0 Å². The summed E-state index contributed by atoms with van der Waals surface area (Å²) < 4.78 is 5.88. The number of piperidine rings is 1. The number of hydrogen-bond donors (Lipinski definition) is 2. The molecule has 2 N–H and O–H groups in total. The van der Waals surface area contributed by atoms with Gasteiger partial charge in [-0.2, -0.15) is 0 Å². The maximum absolute atomic E-state index is 12.7. The van der Waals surface area contributed by atoms with Crippen LogP contribution < -0.4 is 20.3 Å². The summed E-state index contributed by atoms with van der Waals surface area (Å²) in [6, 6.07) is 8.30. The van der Waals surface area contributed by atoms with Gasteiger partial charge in [0.25, 0.3) is 5.91 Å². The first kappa shape index (κ1) is 20.0. The number of ether oxygens (including phenoxy) is 1. The molecule has 2 saturated carbocycles. The van der Waals surface area contributed by atoms with Gasteiger partial charge in [0, 0.05) is 35.5 Å². The van der Waals surface area contributed by atoms with Crippen LogP contribution in [0.2, 0.25) is 0 Å². The zero-order valence-corrected chi connectivity index (χ0v) is 18.5. The van der Waals surface area contributed by atoms with E-state index in [9.17, 15) is 4.79 Å². The van der Waals surface area contributed by atoms with E-state index >= 15 is 0 Å². The van der Waals surface area contributed by atoms with Crippen molar-refractivity contribution in [3.8, 4) is 5.88 Å². The summed E-state index contributed by atoms with van der Waals surface area (Å²) in [6.07, 6.45) is 7.20. The highest BCUT2D eigenvalue weighted by atomic mass is 16.5. The number of nitrogens with one attached hydrogen (secondary N) is 2. The Kier molecular flexibility index (Phi) is 5.21. The molecule has 168 valence electrons. The highest BCUT2D eigenvalue weighted by Gasteiger charge is 2.32. The first-order valence-electron chi connectivity index (χ1n) is 12.2. The molecule has 4 heterocycles. The quantitative estimate of drug-likeness (QED) is 0.726. The van der Waals surface area contributed by atoms with Crippen molar-refractivity contribution in [2.24, 2.45) is 5.92 Å². The van der Waals surface area contributed by atoms with E-state index in [-0.39, 0.29) is 5.91 Å². The lowest BCUT2D eigenvalue weighted by molar-refractivity contribution is 0.0938. The number of nitrogens with zero attached hydrogens (tertiary/aromatic N) is 3. The lowest BCUT2D eigenvalue weighted by atomic mass is 9.98. The molecule has 1 saturated heterocycles. The molecule has 0 atom stereocenters. The van der Waals surface area contributed by atoms with Crippen LogP contribution in [0, 0.1) is 5.92 Å². The predicted molar refractivity (Wildman–Crippen MR) is 123 cm³/mol. The van der Waals surface area contributed by atoms with Gasteiger partial charge in [0.2, 0.25) is 5.88 Å². The number of hydrogen-bond acceptors (Lipinski definition) is 6. The molecule has 0 spiro atoms. The lowest BCUT2D eigenvalue weighted by Crippen LogP contribution is -2.36. The number of amides is 1. The third-order valence-corrected chi connectivity index (χ3v) is 7.08. The van der Waals surface area contributed by atoms with Gasteiger partial charge in [-0.1, -0.05) is 0 Å². The SMILES string of the molecule is O=C(NCC1CCNCC1)c1ccc2c(n1)OCCN2c1cc(C2CC2)nc(C2CC2)c1. The smallest absolute Gasteiger partial charge is 0.270 e. The largest absolute Gasteiger partial charge is 0.474 e. The van der Waals surface area contributed by atoms with E-state index in [1.807, 2.05) is 12.1 Å². The van der Waals surface area contributed by atoms with E-state index in [1.165, 1.54) is 42.8 Å². The van der Waals surface area contributed by atoms with Gasteiger partial charge in [0.15, 0.2) is 0 Å². The van der Waals surface area contributed by atoms with Crippen molar-refractivity contribution in [2.45, 2.75) is 50.4 Å². The summed E-state index contributed by atoms with van der Waals surface area (Å²) in [7, 11) is 0. The maximum Gasteiger partial charge on any atom is 0.270 e. The minimum absolute atomic E-state index is 0.122. The van der Waals surface area contributed by atoms with Gasteiger partial charge in [-0.05, 0) is 81.8 Å². The molecule has 3 fully saturated rings. The highest BCUT2D eigenvalue weighted by Crippen LogP contribution is 2.46. The van der Waals surface area contributed by atoms with Crippen LogP contribution in [0.25, 0.3) is 0 Å². The predicted octanol–water partition coefficient (Wildman–Crippen LogP) is 3.49. The average molecular weight is 434 g/mol. The first-order valence-corrected chi connectivity index (χ1v) is 12.2. The number of fused-ring (bicyclic) bond motifs is 1. The second kappa shape index (κ2) is 8.35. The van der Waals surface area contributed by atoms with Gasteiger partial charge < -0.3 is 20.3 Å². The van der Waals surface area contributed by atoms with Crippen molar-refractivity contribution in [2.75, 3.05) is 37.7 Å². The molecule has 6 rings (SSSR count). The van der Waals surface area contributed by atoms with Crippen LogP contribution in [-0.4, -0.2) is 48.7 Å². The Labute approximate surface area is 189 Å². The van der Waals surface area contributed by atoms with Crippen molar-refractivity contribution in [3.63, 3.8) is 0 Å². The molecule has 2 aliphatic heterocycles. The standard InChI is InChI=1S/C25H31N5O2/c31-24(27-15-16-7-9-26-10-8-16)20-5-6-23-25(29-20)32-12-11-30(23)19-13-21(17-1-2-17)28-22(14-19)18-3-4-18/h5-6,13-14,16-18,26H,1-4,7-12,15H2,(H,27,31). The molecule has 0 radical (unpaired) electrons. The minimum Gasteiger partial charge on any atom is -0.474 e. The Hall–Kier alpha value is -2.67. The number of anilines is 2. The summed E-state index contributed by atoms with van der Waals surface area (Å²) >= 11 is 0. The molecule has 0 bridgehead atoms. The van der Waals surface area contributed by atoms with Crippen LogP contribution in [0.1, 0.15) is 72.2 Å². The fourth-order valence-corrected chi connectivity index (χ4v) is 4.80. The van der Waals surface area contributed by atoms with E-state index in [0.29, 0.717) is 42.5 Å². The van der Waals surface area contributed by atoms with Gasteiger partial charge in [-0.25, -0.2) is 4.98 Å². The summed E-state index contributed by atoms with van der Waals surface area (Å²) in [6.45, 7) is 4.09. The third-order valence-electron chi connectivity index (χ3n) is 7.08. The Balaban J connectivity index is 1.22. The van der Waals surface area contributed by atoms with E-state index in [0.717, 1.165) is 38.2 Å². The van der Waals surface area contributed by atoms with Crippen molar-refractivity contribution >= 4 is 17.3 Å². The van der Waals surface area contributed by atoms with E-state index < -0.39 is 0 Å². The van der Waals surface area contributed by atoms with Crippen LogP contribution in [0.4, 0.5) is 11.4 Å². The molecule has 0 unspecified atom stereocenters. The van der Waals surface area contributed by atoms with Crippen molar-refractivity contribution in [1.29, 1.82) is 0 Å². The van der Waals surface area contributed by atoms with Gasteiger partial charge >= 0.3 is 0 Å². The number of aromatic nitrogens is 2. The molecule has 4 aliphatic rings. The summed E-state index contributed by atoms with van der Waals surface area (Å²) in [5.74, 6) is 2.21. The Morgan fingerprint density at radius 3 is 2.44 bits per heavy atom. The van der Waals surface area contributed by atoms with E-state index in [4.69, 9.17) is 9.72 Å². The van der Waals surface area contributed by atoms with Gasteiger partial charge in [0.1, 0.15) is 18.0 Å². The van der Waals surface area contributed by atoms with Crippen molar-refractivity contribution < 1.29 is 9.53 Å². The number of rotatable bonds is 6. The second-order valence-electron chi connectivity index (χ2n) is 9.65. The molecule has 2 aromatic rings. The first-order chi connectivity index (χ1) is 15.7. The van der Waals surface area contributed by atoms with Crippen molar-refractivity contribution in [3.05, 3.63) is 41.3 Å². The Morgan fingerprint density at radius 1 is 1.03 bits per heavy atom. The minimum atomic E-state index is -0.122. The Morgan fingerprint density at radius 2 is 1.75 bits per heavy atom. The molecular weight excluding hydrogens is 402 g/mol. The lowest BCUT2D eigenvalue weighted by Gasteiger charge is -2.31. The van der Waals surface area contributed by atoms with Crippen LogP contribution in [0.5, 0.6) is 5.88 Å². The molecular formula is C25H31N5O2. The number of carbonyl (C=O) groups is 1. The Bertz CT molecular complexity index is 981. The zero-order valence-electron chi connectivity index (χ0n) is 18.5. The third kappa shape index (κ3) is 4.18.